The monoisotopic (exact) mass is 412 g/mol. The molecule has 0 atom stereocenters. The lowest BCUT2D eigenvalue weighted by molar-refractivity contribution is -0.384. The summed E-state index contributed by atoms with van der Waals surface area (Å²) in [6.45, 7) is 0. The van der Waals surface area contributed by atoms with Gasteiger partial charge in [-0.1, -0.05) is 23.5 Å². The maximum atomic E-state index is 13.1. The van der Waals surface area contributed by atoms with Gasteiger partial charge < -0.3 is 4.74 Å². The Labute approximate surface area is 167 Å². The fraction of sp³-hybridized carbons (Fsp3) is 0.111. The van der Waals surface area contributed by atoms with Crippen molar-refractivity contribution in [2.75, 3.05) is 16.9 Å². The van der Waals surface area contributed by atoms with E-state index in [-0.39, 0.29) is 16.5 Å². The number of carbonyl (C=O) groups excluding carboxylic acids is 3. The third-order valence-corrected chi connectivity index (χ3v) is 5.28. The van der Waals surface area contributed by atoms with Crippen LogP contribution in [0.25, 0.3) is 10.2 Å². The number of nitro benzene ring substituents is 1. The minimum Gasteiger partial charge on any atom is -0.495 e. The van der Waals surface area contributed by atoms with Crippen molar-refractivity contribution >= 4 is 55.9 Å². The normalized spacial score (nSPS) is 14.6. The van der Waals surface area contributed by atoms with Crippen LogP contribution in [0.4, 0.5) is 21.3 Å². The topological polar surface area (TPSA) is 123 Å². The van der Waals surface area contributed by atoms with E-state index in [4.69, 9.17) is 4.74 Å². The van der Waals surface area contributed by atoms with Crippen LogP contribution < -0.4 is 14.5 Å². The Morgan fingerprint density at radius 1 is 1.10 bits per heavy atom. The number of fused-ring (bicyclic) bond motifs is 1. The van der Waals surface area contributed by atoms with Crippen molar-refractivity contribution in [2.24, 2.45) is 0 Å². The number of thiazole rings is 1. The number of aromatic nitrogens is 1. The van der Waals surface area contributed by atoms with Gasteiger partial charge in [-0.25, -0.2) is 19.6 Å². The summed E-state index contributed by atoms with van der Waals surface area (Å²) in [6, 6.07) is 9.60. The van der Waals surface area contributed by atoms with E-state index in [1.165, 1.54) is 31.4 Å². The molecule has 0 N–H and O–H groups in total. The standard InChI is InChI=1S/C18H12N4O6S/c1-28-13-5-3-2-4-12(13)20-15(23)9-16(24)21(18(20)25)17-19-11-7-6-10(22(26)27)8-14(11)29-17/h2-8H,9H2,1H3. The van der Waals surface area contributed by atoms with Gasteiger partial charge in [-0.15, -0.1) is 0 Å². The smallest absolute Gasteiger partial charge is 0.344 e. The van der Waals surface area contributed by atoms with Crippen molar-refractivity contribution < 1.29 is 24.0 Å². The number of benzene rings is 2. The van der Waals surface area contributed by atoms with Crippen LogP contribution in [0.5, 0.6) is 5.75 Å². The van der Waals surface area contributed by atoms with Crippen LogP contribution in [0, 0.1) is 10.1 Å². The van der Waals surface area contributed by atoms with Crippen molar-refractivity contribution in [3.63, 3.8) is 0 Å². The van der Waals surface area contributed by atoms with Crippen LogP contribution in [0.2, 0.25) is 0 Å². The molecule has 2 aromatic carbocycles. The van der Waals surface area contributed by atoms with Crippen molar-refractivity contribution in [1.29, 1.82) is 0 Å². The number of nitro groups is 1. The number of imide groups is 2. The second-order valence-electron chi connectivity index (χ2n) is 6.00. The highest BCUT2D eigenvalue weighted by molar-refractivity contribution is 7.22. The van der Waals surface area contributed by atoms with Gasteiger partial charge >= 0.3 is 6.03 Å². The lowest BCUT2D eigenvalue weighted by Gasteiger charge is -2.31. The summed E-state index contributed by atoms with van der Waals surface area (Å²) >= 11 is 0.951. The second kappa shape index (κ2) is 6.95. The van der Waals surface area contributed by atoms with Crippen LogP contribution in [-0.2, 0) is 9.59 Å². The molecule has 0 bridgehead atoms. The summed E-state index contributed by atoms with van der Waals surface area (Å²) < 4.78 is 5.66. The van der Waals surface area contributed by atoms with Crippen molar-refractivity contribution in [2.45, 2.75) is 6.42 Å². The molecule has 0 unspecified atom stereocenters. The molecule has 0 saturated carbocycles. The number of urea groups is 1. The first kappa shape index (κ1) is 18.5. The molecule has 4 rings (SSSR count). The zero-order chi connectivity index (χ0) is 20.7. The summed E-state index contributed by atoms with van der Waals surface area (Å²) in [6.07, 6.45) is -0.528. The molecule has 1 aliphatic rings. The largest absolute Gasteiger partial charge is 0.495 e. The Morgan fingerprint density at radius 2 is 1.83 bits per heavy atom. The molecule has 0 radical (unpaired) electrons. The van der Waals surface area contributed by atoms with Gasteiger partial charge in [0.15, 0.2) is 0 Å². The Balaban J connectivity index is 1.78. The number of methoxy groups -OCH3 is 1. The van der Waals surface area contributed by atoms with Crippen molar-refractivity contribution in [1.82, 2.24) is 4.98 Å². The number of ether oxygens (including phenoxy) is 1. The number of para-hydroxylation sites is 2. The van der Waals surface area contributed by atoms with E-state index in [1.807, 2.05) is 0 Å². The van der Waals surface area contributed by atoms with Crippen LogP contribution in [0.1, 0.15) is 6.42 Å². The Kier molecular flexibility index (Phi) is 4.43. The summed E-state index contributed by atoms with van der Waals surface area (Å²) in [5.74, 6) is -1.11. The molecule has 1 fully saturated rings. The molecule has 3 aromatic rings. The molecular formula is C18H12N4O6S. The van der Waals surface area contributed by atoms with Gasteiger partial charge in [0.2, 0.25) is 16.9 Å². The number of hydrogen-bond acceptors (Lipinski definition) is 8. The fourth-order valence-electron chi connectivity index (χ4n) is 2.95. The van der Waals surface area contributed by atoms with Crippen molar-refractivity contribution in [3.05, 3.63) is 52.6 Å². The Bertz CT molecular complexity index is 1190. The van der Waals surface area contributed by atoms with E-state index in [9.17, 15) is 24.5 Å². The van der Waals surface area contributed by atoms with Gasteiger partial charge in [0, 0.05) is 12.1 Å². The van der Waals surface area contributed by atoms with E-state index in [0.29, 0.717) is 16.0 Å². The van der Waals surface area contributed by atoms with Crippen LogP contribution >= 0.6 is 11.3 Å². The lowest BCUT2D eigenvalue weighted by atomic mass is 10.2. The number of hydrogen-bond donors (Lipinski definition) is 0. The van der Waals surface area contributed by atoms with Crippen LogP contribution in [0.3, 0.4) is 0 Å². The number of non-ortho nitro benzene ring substituents is 1. The average Bonchev–Trinajstić information content (AvgIpc) is 3.10. The molecule has 1 saturated heterocycles. The quantitative estimate of drug-likeness (QED) is 0.366. The highest BCUT2D eigenvalue weighted by Gasteiger charge is 2.42. The van der Waals surface area contributed by atoms with Gasteiger partial charge in [-0.05, 0) is 18.2 Å². The van der Waals surface area contributed by atoms with E-state index in [1.54, 1.807) is 18.2 Å². The zero-order valence-corrected chi connectivity index (χ0v) is 15.7. The van der Waals surface area contributed by atoms with Gasteiger partial charge in [0.1, 0.15) is 12.2 Å². The molecule has 11 heteroatoms. The SMILES string of the molecule is COc1ccccc1N1C(=O)CC(=O)N(c2nc3ccc([N+](=O)[O-])cc3s2)C1=O. The summed E-state index contributed by atoms with van der Waals surface area (Å²) in [5.41, 5.74) is 0.478. The predicted molar refractivity (Wildman–Crippen MR) is 104 cm³/mol. The molecule has 146 valence electrons. The number of nitrogens with zero attached hydrogens (tertiary/aromatic N) is 4. The minimum absolute atomic E-state index is 0.0305. The van der Waals surface area contributed by atoms with Gasteiger partial charge in [-0.3, -0.25) is 19.7 Å². The average molecular weight is 412 g/mol. The first-order valence-electron chi connectivity index (χ1n) is 8.28. The molecule has 1 aromatic heterocycles. The molecule has 0 spiro atoms. The lowest BCUT2D eigenvalue weighted by Crippen LogP contribution is -2.55. The highest BCUT2D eigenvalue weighted by atomic mass is 32.1. The number of rotatable bonds is 4. The molecule has 4 amide bonds. The van der Waals surface area contributed by atoms with Gasteiger partial charge in [-0.2, -0.15) is 0 Å². The number of amides is 4. The summed E-state index contributed by atoms with van der Waals surface area (Å²) in [7, 11) is 1.40. The van der Waals surface area contributed by atoms with Crippen molar-refractivity contribution in [3.8, 4) is 5.75 Å². The predicted octanol–water partition coefficient (Wildman–Crippen LogP) is 3.10. The van der Waals surface area contributed by atoms with E-state index in [2.05, 4.69) is 4.98 Å². The number of carbonyl (C=O) groups is 3. The summed E-state index contributed by atoms with van der Waals surface area (Å²) in [4.78, 5) is 54.4. The molecule has 10 nitrogen and oxygen atoms in total. The van der Waals surface area contributed by atoms with Gasteiger partial charge in [0.25, 0.3) is 5.69 Å². The van der Waals surface area contributed by atoms with Crippen LogP contribution in [0.15, 0.2) is 42.5 Å². The molecule has 2 heterocycles. The van der Waals surface area contributed by atoms with E-state index < -0.39 is 29.2 Å². The summed E-state index contributed by atoms with van der Waals surface area (Å²) in [5, 5.41) is 11.0. The maximum Gasteiger partial charge on any atom is 0.344 e. The Hall–Kier alpha value is -3.86. The van der Waals surface area contributed by atoms with E-state index in [0.717, 1.165) is 21.1 Å². The van der Waals surface area contributed by atoms with Crippen LogP contribution in [-0.4, -0.2) is 34.9 Å². The third kappa shape index (κ3) is 3.06. The first-order valence-corrected chi connectivity index (χ1v) is 9.10. The fourth-order valence-corrected chi connectivity index (χ4v) is 3.96. The number of anilines is 2. The molecule has 0 aliphatic carbocycles. The second-order valence-corrected chi connectivity index (χ2v) is 7.00. The minimum atomic E-state index is -0.885. The highest BCUT2D eigenvalue weighted by Crippen LogP contribution is 2.36. The molecular weight excluding hydrogens is 400 g/mol. The number of barbiturate groups is 1. The Morgan fingerprint density at radius 3 is 2.55 bits per heavy atom. The zero-order valence-electron chi connectivity index (χ0n) is 14.9. The maximum absolute atomic E-state index is 13.1. The third-order valence-electron chi connectivity index (χ3n) is 4.27. The molecule has 29 heavy (non-hydrogen) atoms. The first-order chi connectivity index (χ1) is 13.9. The van der Waals surface area contributed by atoms with Gasteiger partial charge in [0.05, 0.1) is 27.9 Å². The molecule has 1 aliphatic heterocycles. The van der Waals surface area contributed by atoms with E-state index >= 15 is 0 Å².